The van der Waals surface area contributed by atoms with E-state index in [1.165, 1.54) is 12.1 Å². The van der Waals surface area contributed by atoms with Gasteiger partial charge in [0.2, 0.25) is 0 Å². The van der Waals surface area contributed by atoms with Crippen LogP contribution in [0.25, 0.3) is 11.1 Å². The van der Waals surface area contributed by atoms with E-state index in [1.54, 1.807) is 12.1 Å². The molecule has 0 aliphatic carbocycles. The topological polar surface area (TPSA) is 64.9 Å². The van der Waals surface area contributed by atoms with Gasteiger partial charge in [-0.3, -0.25) is 0 Å². The highest BCUT2D eigenvalue weighted by Crippen LogP contribution is 2.31. The highest BCUT2D eigenvalue weighted by atomic mass is 19.4. The van der Waals surface area contributed by atoms with Crippen molar-refractivity contribution in [1.82, 2.24) is 4.98 Å². The molecule has 6 heteroatoms. The third-order valence-electron chi connectivity index (χ3n) is 2.41. The van der Waals surface area contributed by atoms with E-state index in [0.717, 1.165) is 12.1 Å². The second-order valence-electron chi connectivity index (χ2n) is 3.78. The van der Waals surface area contributed by atoms with Gasteiger partial charge in [0, 0.05) is 0 Å². The van der Waals surface area contributed by atoms with Crippen LogP contribution in [0.3, 0.4) is 0 Å². The molecule has 2 rings (SSSR count). The average Bonchev–Trinajstić information content (AvgIpc) is 2.27. The summed E-state index contributed by atoms with van der Waals surface area (Å²) in [4.78, 5) is 3.79. The SMILES string of the molecule is Nc1cc(-c2ccc(C(F)(F)F)cc2)cc(N)n1. The summed E-state index contributed by atoms with van der Waals surface area (Å²) in [5.74, 6) is 0.454. The first-order chi connectivity index (χ1) is 8.36. The number of hydrogen-bond donors (Lipinski definition) is 2. The van der Waals surface area contributed by atoms with Gasteiger partial charge in [-0.15, -0.1) is 0 Å². The first-order valence-corrected chi connectivity index (χ1v) is 5.07. The summed E-state index contributed by atoms with van der Waals surface area (Å²) in [6.07, 6.45) is -4.34. The minimum atomic E-state index is -4.34. The van der Waals surface area contributed by atoms with E-state index in [2.05, 4.69) is 4.98 Å². The number of nitrogens with zero attached hydrogens (tertiary/aromatic N) is 1. The Hall–Kier alpha value is -2.24. The Balaban J connectivity index is 2.40. The molecule has 2 aromatic rings. The van der Waals surface area contributed by atoms with E-state index in [0.29, 0.717) is 11.1 Å². The fraction of sp³-hybridized carbons (Fsp3) is 0.0833. The fourth-order valence-electron chi connectivity index (χ4n) is 1.59. The summed E-state index contributed by atoms with van der Waals surface area (Å²) < 4.78 is 37.2. The molecule has 0 bridgehead atoms. The minimum absolute atomic E-state index is 0.227. The fourth-order valence-corrected chi connectivity index (χ4v) is 1.59. The van der Waals surface area contributed by atoms with Gasteiger partial charge in [-0.1, -0.05) is 12.1 Å². The summed E-state index contributed by atoms with van der Waals surface area (Å²) >= 11 is 0. The van der Waals surface area contributed by atoms with Crippen LogP contribution in [0.5, 0.6) is 0 Å². The maximum absolute atomic E-state index is 12.4. The van der Waals surface area contributed by atoms with Gasteiger partial charge in [0.25, 0.3) is 0 Å². The van der Waals surface area contributed by atoms with Crippen molar-refractivity contribution in [2.45, 2.75) is 6.18 Å². The Morgan fingerprint density at radius 1 is 0.833 bits per heavy atom. The number of nitrogen functional groups attached to an aromatic ring is 2. The molecule has 4 N–H and O–H groups in total. The summed E-state index contributed by atoms with van der Waals surface area (Å²) in [6, 6.07) is 7.89. The van der Waals surface area contributed by atoms with Crippen molar-refractivity contribution in [1.29, 1.82) is 0 Å². The molecule has 1 aromatic heterocycles. The number of hydrogen-bond acceptors (Lipinski definition) is 3. The van der Waals surface area contributed by atoms with Crippen LogP contribution in [0.4, 0.5) is 24.8 Å². The second-order valence-corrected chi connectivity index (χ2v) is 3.78. The van der Waals surface area contributed by atoms with Crippen LogP contribution >= 0.6 is 0 Å². The molecule has 0 amide bonds. The molecule has 3 nitrogen and oxygen atoms in total. The van der Waals surface area contributed by atoms with Gasteiger partial charge in [0.1, 0.15) is 11.6 Å². The van der Waals surface area contributed by atoms with Crippen molar-refractivity contribution in [2.75, 3.05) is 11.5 Å². The van der Waals surface area contributed by atoms with Gasteiger partial charge in [-0.25, -0.2) is 4.98 Å². The zero-order valence-corrected chi connectivity index (χ0v) is 9.20. The molecule has 0 fully saturated rings. The Kier molecular flexibility index (Phi) is 2.86. The molecule has 0 saturated heterocycles. The maximum Gasteiger partial charge on any atom is 0.416 e. The van der Waals surface area contributed by atoms with Crippen molar-refractivity contribution < 1.29 is 13.2 Å². The van der Waals surface area contributed by atoms with Gasteiger partial charge < -0.3 is 11.5 Å². The Morgan fingerprint density at radius 2 is 1.33 bits per heavy atom. The van der Waals surface area contributed by atoms with Gasteiger partial charge in [-0.2, -0.15) is 13.2 Å². The lowest BCUT2D eigenvalue weighted by atomic mass is 10.0. The Morgan fingerprint density at radius 3 is 1.78 bits per heavy atom. The number of benzene rings is 1. The first kappa shape index (κ1) is 12.2. The van der Waals surface area contributed by atoms with E-state index in [4.69, 9.17) is 11.5 Å². The van der Waals surface area contributed by atoms with Crippen molar-refractivity contribution in [3.63, 3.8) is 0 Å². The van der Waals surface area contributed by atoms with E-state index < -0.39 is 11.7 Å². The molecule has 94 valence electrons. The summed E-state index contributed by atoms with van der Waals surface area (Å²) in [5.41, 5.74) is 11.6. The predicted molar refractivity (Wildman–Crippen MR) is 63.5 cm³/mol. The molecule has 0 aliphatic rings. The molecule has 1 heterocycles. The number of pyridine rings is 1. The first-order valence-electron chi connectivity index (χ1n) is 5.07. The summed E-state index contributed by atoms with van der Waals surface area (Å²) in [5, 5.41) is 0. The third-order valence-corrected chi connectivity index (χ3v) is 2.41. The molecule has 0 atom stereocenters. The maximum atomic E-state index is 12.4. The molecule has 0 spiro atoms. The number of alkyl halides is 3. The van der Waals surface area contributed by atoms with Gasteiger partial charge in [-0.05, 0) is 35.4 Å². The molecular weight excluding hydrogens is 243 g/mol. The number of nitrogens with two attached hydrogens (primary N) is 2. The number of rotatable bonds is 1. The van der Waals surface area contributed by atoms with Crippen molar-refractivity contribution >= 4 is 11.6 Å². The van der Waals surface area contributed by atoms with Crippen molar-refractivity contribution in [3.8, 4) is 11.1 Å². The van der Waals surface area contributed by atoms with E-state index >= 15 is 0 Å². The minimum Gasteiger partial charge on any atom is -0.384 e. The molecule has 0 unspecified atom stereocenters. The third kappa shape index (κ3) is 2.53. The standard InChI is InChI=1S/C12H10F3N3/c13-12(14,15)9-3-1-7(2-4-9)8-5-10(16)18-11(17)6-8/h1-6H,(H4,16,17,18). The van der Waals surface area contributed by atoms with Crippen LogP contribution in [0.1, 0.15) is 5.56 Å². The second kappa shape index (κ2) is 4.21. The van der Waals surface area contributed by atoms with Crippen LogP contribution in [-0.2, 0) is 6.18 Å². The molecule has 0 saturated carbocycles. The largest absolute Gasteiger partial charge is 0.416 e. The van der Waals surface area contributed by atoms with Crippen LogP contribution in [0, 0.1) is 0 Å². The highest BCUT2D eigenvalue weighted by Gasteiger charge is 2.29. The van der Waals surface area contributed by atoms with Crippen LogP contribution < -0.4 is 11.5 Å². The van der Waals surface area contributed by atoms with E-state index in [1.807, 2.05) is 0 Å². The zero-order chi connectivity index (χ0) is 13.3. The lowest BCUT2D eigenvalue weighted by Gasteiger charge is -2.08. The van der Waals surface area contributed by atoms with Crippen molar-refractivity contribution in [2.24, 2.45) is 0 Å². The van der Waals surface area contributed by atoms with Crippen molar-refractivity contribution in [3.05, 3.63) is 42.0 Å². The number of aromatic nitrogens is 1. The van der Waals surface area contributed by atoms with Crippen LogP contribution in [0.2, 0.25) is 0 Å². The number of anilines is 2. The van der Waals surface area contributed by atoms with Gasteiger partial charge >= 0.3 is 6.18 Å². The Labute approximate surface area is 101 Å². The van der Waals surface area contributed by atoms with E-state index in [-0.39, 0.29) is 11.6 Å². The molecular formula is C12H10F3N3. The highest BCUT2D eigenvalue weighted by molar-refractivity contribution is 5.69. The zero-order valence-electron chi connectivity index (χ0n) is 9.20. The molecule has 18 heavy (non-hydrogen) atoms. The number of halogens is 3. The van der Waals surface area contributed by atoms with Crippen LogP contribution in [0.15, 0.2) is 36.4 Å². The summed E-state index contributed by atoms with van der Waals surface area (Å²) in [7, 11) is 0. The predicted octanol–water partition coefficient (Wildman–Crippen LogP) is 2.93. The van der Waals surface area contributed by atoms with Gasteiger partial charge in [0.15, 0.2) is 0 Å². The van der Waals surface area contributed by atoms with Gasteiger partial charge in [0.05, 0.1) is 5.56 Å². The summed E-state index contributed by atoms with van der Waals surface area (Å²) in [6.45, 7) is 0. The lowest BCUT2D eigenvalue weighted by molar-refractivity contribution is -0.137. The normalized spacial score (nSPS) is 11.5. The van der Waals surface area contributed by atoms with E-state index in [9.17, 15) is 13.2 Å². The molecule has 0 radical (unpaired) electrons. The molecule has 1 aromatic carbocycles. The van der Waals surface area contributed by atoms with Crippen LogP contribution in [-0.4, -0.2) is 4.98 Å². The quantitative estimate of drug-likeness (QED) is 0.821. The monoisotopic (exact) mass is 253 g/mol. The molecule has 0 aliphatic heterocycles. The Bertz CT molecular complexity index is 542. The lowest BCUT2D eigenvalue weighted by Crippen LogP contribution is -2.04. The average molecular weight is 253 g/mol. The smallest absolute Gasteiger partial charge is 0.384 e.